The quantitative estimate of drug-likeness (QED) is 0.352. The van der Waals surface area contributed by atoms with Crippen molar-refractivity contribution in [2.24, 2.45) is 5.92 Å². The number of aromatic amines is 1. The van der Waals surface area contributed by atoms with Gasteiger partial charge >= 0.3 is 0 Å². The van der Waals surface area contributed by atoms with Crippen LogP contribution >= 0.6 is 0 Å². The Morgan fingerprint density at radius 1 is 1.21 bits per heavy atom. The van der Waals surface area contributed by atoms with Crippen LogP contribution in [-0.4, -0.2) is 56.3 Å². The molecule has 5 rings (SSSR count). The van der Waals surface area contributed by atoms with Gasteiger partial charge in [-0.2, -0.15) is 20.6 Å². The number of H-pyrrole nitrogens is 1. The van der Waals surface area contributed by atoms with E-state index in [1.165, 1.54) is 0 Å². The molecule has 2 N–H and O–H groups in total. The van der Waals surface area contributed by atoms with Crippen molar-refractivity contribution in [2.45, 2.75) is 52.7 Å². The number of aryl methyl sites for hydroxylation is 2. The predicted molar refractivity (Wildman–Crippen MR) is 148 cm³/mol. The van der Waals surface area contributed by atoms with Gasteiger partial charge in [-0.25, -0.2) is 4.98 Å². The first-order valence-electron chi connectivity index (χ1n) is 13.0. The van der Waals surface area contributed by atoms with E-state index in [2.05, 4.69) is 36.3 Å². The predicted octanol–water partition coefficient (Wildman–Crippen LogP) is 4.65. The number of hydrogen-bond acceptors (Lipinski definition) is 9. The molecule has 1 aromatic carbocycles. The summed E-state index contributed by atoms with van der Waals surface area (Å²) in [6, 6.07) is 7.87. The zero-order chi connectivity index (χ0) is 27.9. The number of ether oxygens (including phenoxy) is 2. The van der Waals surface area contributed by atoms with Crippen molar-refractivity contribution in [3.63, 3.8) is 0 Å². The Morgan fingerprint density at radius 2 is 2.00 bits per heavy atom. The number of pyridine rings is 1. The molecule has 1 aliphatic rings. The Morgan fingerprint density at radius 3 is 2.67 bits per heavy atom. The monoisotopic (exact) mass is 527 g/mol. The minimum Gasteiger partial charge on any atom is -0.493 e. The maximum absolute atomic E-state index is 10.4. The van der Waals surface area contributed by atoms with E-state index in [1.807, 2.05) is 52.8 Å². The van der Waals surface area contributed by atoms with Gasteiger partial charge in [0.15, 0.2) is 11.5 Å². The van der Waals surface area contributed by atoms with Crippen LogP contribution in [0.25, 0.3) is 22.2 Å². The maximum atomic E-state index is 10.4. The van der Waals surface area contributed by atoms with Gasteiger partial charge in [0.2, 0.25) is 0 Å². The fourth-order valence-corrected chi connectivity index (χ4v) is 5.42. The number of aliphatic hydroxyl groups is 1. The largest absolute Gasteiger partial charge is 0.493 e. The van der Waals surface area contributed by atoms with Crippen LogP contribution < -0.4 is 14.4 Å². The number of anilines is 1. The lowest BCUT2D eigenvalue weighted by atomic mass is 9.90. The number of hydrogen-bond donors (Lipinski definition) is 2. The van der Waals surface area contributed by atoms with Crippen LogP contribution in [0.3, 0.4) is 0 Å². The zero-order valence-electron chi connectivity index (χ0n) is 23.1. The molecule has 0 bridgehead atoms. The van der Waals surface area contributed by atoms with Crippen molar-refractivity contribution in [3.8, 4) is 28.8 Å². The van der Waals surface area contributed by atoms with E-state index in [4.69, 9.17) is 9.47 Å². The minimum absolute atomic E-state index is 0.118. The van der Waals surface area contributed by atoms with E-state index in [-0.39, 0.29) is 12.0 Å². The molecule has 1 unspecified atom stereocenters. The van der Waals surface area contributed by atoms with Crippen LogP contribution in [0.2, 0.25) is 0 Å². The third-order valence-corrected chi connectivity index (χ3v) is 7.58. The summed E-state index contributed by atoms with van der Waals surface area (Å²) in [7, 11) is 1.60. The number of aromatic nitrogens is 5. The summed E-state index contributed by atoms with van der Waals surface area (Å²) in [5.41, 5.74) is 4.63. The molecule has 2 atom stereocenters. The molecule has 10 nitrogen and oxygen atoms in total. The number of nitriles is 1. The lowest BCUT2D eigenvalue weighted by molar-refractivity contribution is 0.0263. The van der Waals surface area contributed by atoms with Crippen molar-refractivity contribution in [2.75, 3.05) is 25.1 Å². The molecule has 0 aliphatic carbocycles. The Labute approximate surface area is 227 Å². The van der Waals surface area contributed by atoms with Crippen LogP contribution in [0.15, 0.2) is 30.6 Å². The highest BCUT2D eigenvalue weighted by atomic mass is 16.5. The molecule has 1 fully saturated rings. The second-order valence-corrected chi connectivity index (χ2v) is 10.7. The molecule has 1 saturated heterocycles. The van der Waals surface area contributed by atoms with Gasteiger partial charge in [-0.05, 0) is 58.7 Å². The third kappa shape index (κ3) is 4.98. The molecule has 0 radical (unpaired) electrons. The minimum atomic E-state index is -0.779. The number of methoxy groups -OCH3 is 1. The second-order valence-electron chi connectivity index (χ2n) is 10.7. The lowest BCUT2D eigenvalue weighted by Gasteiger charge is -2.26. The summed E-state index contributed by atoms with van der Waals surface area (Å²) in [4.78, 5) is 6.75. The number of fused-ring (bicyclic) bond motifs is 1. The zero-order valence-corrected chi connectivity index (χ0v) is 23.1. The Kier molecular flexibility index (Phi) is 6.87. The van der Waals surface area contributed by atoms with Gasteiger partial charge in [0.25, 0.3) is 0 Å². The van der Waals surface area contributed by atoms with Gasteiger partial charge in [-0.15, -0.1) is 0 Å². The SMILES string of the molecule is COc1cc2[nH]nc(-c3cnc(N4CCC(C(C)(C)O)C4)c(C#N)c3)c2cc1O[C@H](C)c1c(C)cnnc1C. The lowest BCUT2D eigenvalue weighted by Crippen LogP contribution is -2.33. The standard InChI is InChI=1S/C29H33N7O3/c1-16-13-32-33-17(2)26(16)18(3)39-25-10-22-23(11-24(25)38-6)34-35-27(22)20-9-19(12-30)28(31-14-20)36-8-7-21(15-36)29(4,5)37/h9-11,13-14,18,21,37H,7-8,15H2,1-6H3,(H,34,35)/t18-,21?/m1/s1. The first kappa shape index (κ1) is 26.4. The molecule has 4 heterocycles. The topological polar surface area (TPSA) is 133 Å². The molecule has 3 aromatic heterocycles. The van der Waals surface area contributed by atoms with Gasteiger partial charge in [0, 0.05) is 47.8 Å². The summed E-state index contributed by atoms with van der Waals surface area (Å²) in [5, 5.41) is 37.0. The Hall–Kier alpha value is -4.23. The fraction of sp³-hybridized carbons (Fsp3) is 0.414. The molecule has 1 aliphatic heterocycles. The summed E-state index contributed by atoms with van der Waals surface area (Å²) >= 11 is 0. The summed E-state index contributed by atoms with van der Waals surface area (Å²) in [6.07, 6.45) is 4.03. The van der Waals surface area contributed by atoms with E-state index < -0.39 is 5.60 Å². The number of nitrogens with zero attached hydrogens (tertiary/aromatic N) is 6. The number of benzene rings is 1. The molecule has 0 saturated carbocycles. The molecule has 0 amide bonds. The van der Waals surface area contributed by atoms with Gasteiger partial charge in [-0.3, -0.25) is 5.10 Å². The second kappa shape index (κ2) is 10.2. The van der Waals surface area contributed by atoms with E-state index >= 15 is 0 Å². The normalized spacial score (nSPS) is 16.4. The van der Waals surface area contributed by atoms with Gasteiger partial charge in [0.05, 0.1) is 35.7 Å². The Bertz CT molecular complexity index is 1550. The average molecular weight is 528 g/mol. The highest BCUT2D eigenvalue weighted by Crippen LogP contribution is 2.39. The maximum Gasteiger partial charge on any atom is 0.162 e. The van der Waals surface area contributed by atoms with Gasteiger partial charge in [-0.1, -0.05) is 0 Å². The molecule has 0 spiro atoms. The first-order valence-corrected chi connectivity index (χ1v) is 13.0. The fourth-order valence-electron chi connectivity index (χ4n) is 5.42. The van der Waals surface area contributed by atoms with Crippen molar-refractivity contribution in [1.82, 2.24) is 25.4 Å². The van der Waals surface area contributed by atoms with E-state index in [9.17, 15) is 10.4 Å². The van der Waals surface area contributed by atoms with Gasteiger partial charge < -0.3 is 19.5 Å². The third-order valence-electron chi connectivity index (χ3n) is 7.58. The summed E-state index contributed by atoms with van der Waals surface area (Å²) in [6.45, 7) is 10.9. The van der Waals surface area contributed by atoms with E-state index in [0.29, 0.717) is 40.7 Å². The smallest absolute Gasteiger partial charge is 0.162 e. The van der Waals surface area contributed by atoms with Crippen molar-refractivity contribution in [3.05, 3.63) is 53.0 Å². The highest BCUT2D eigenvalue weighted by molar-refractivity contribution is 5.95. The van der Waals surface area contributed by atoms with Gasteiger partial charge in [0.1, 0.15) is 23.7 Å². The van der Waals surface area contributed by atoms with E-state index in [1.54, 1.807) is 19.5 Å². The molecule has 10 heteroatoms. The van der Waals surface area contributed by atoms with Crippen molar-refractivity contribution < 1.29 is 14.6 Å². The van der Waals surface area contributed by atoms with Crippen molar-refractivity contribution in [1.29, 1.82) is 5.26 Å². The molecule has 39 heavy (non-hydrogen) atoms. The van der Waals surface area contributed by atoms with Crippen molar-refractivity contribution >= 4 is 16.7 Å². The van der Waals surface area contributed by atoms with Crippen LogP contribution in [0.5, 0.6) is 11.5 Å². The number of nitrogens with one attached hydrogen (secondary N) is 1. The highest BCUT2D eigenvalue weighted by Gasteiger charge is 2.35. The molecule has 4 aromatic rings. The summed E-state index contributed by atoms with van der Waals surface area (Å²) < 4.78 is 12.0. The summed E-state index contributed by atoms with van der Waals surface area (Å²) in [5.74, 6) is 1.88. The molecule has 202 valence electrons. The number of rotatable bonds is 7. The van der Waals surface area contributed by atoms with E-state index in [0.717, 1.165) is 40.7 Å². The molecular weight excluding hydrogens is 494 g/mol. The molecular formula is C29H33N7O3. The Balaban J connectivity index is 1.49. The van der Waals surface area contributed by atoms with Crippen LogP contribution in [0.4, 0.5) is 5.82 Å². The van der Waals surface area contributed by atoms with Crippen LogP contribution in [0, 0.1) is 31.1 Å². The first-order chi connectivity index (χ1) is 18.6. The van der Waals surface area contributed by atoms with Crippen LogP contribution in [0.1, 0.15) is 55.7 Å². The van der Waals surface area contributed by atoms with Crippen LogP contribution in [-0.2, 0) is 0 Å². The average Bonchev–Trinajstić information content (AvgIpc) is 3.55.